The van der Waals surface area contributed by atoms with Gasteiger partial charge in [0.15, 0.2) is 0 Å². The van der Waals surface area contributed by atoms with Crippen LogP contribution in [-0.2, 0) is 11.2 Å². The number of aromatic nitrogens is 1. The number of amides is 1. The summed E-state index contributed by atoms with van der Waals surface area (Å²) >= 11 is 0. The molecule has 1 atom stereocenters. The molecule has 0 aliphatic carbocycles. The summed E-state index contributed by atoms with van der Waals surface area (Å²) in [6.07, 6.45) is 2.11. The van der Waals surface area contributed by atoms with Crippen molar-refractivity contribution in [3.05, 3.63) is 48.3 Å². The predicted molar refractivity (Wildman–Crippen MR) is 86.3 cm³/mol. The summed E-state index contributed by atoms with van der Waals surface area (Å²) in [6.45, 7) is 3.79. The summed E-state index contributed by atoms with van der Waals surface area (Å²) in [5.41, 5.74) is 8.43. The number of phenolic OH excluding ortho intramolecular Hbond substituents is 1. The van der Waals surface area contributed by atoms with Crippen molar-refractivity contribution in [1.29, 1.82) is 0 Å². The van der Waals surface area contributed by atoms with Gasteiger partial charge in [0.05, 0.1) is 6.04 Å². The normalized spacial score (nSPS) is 12.2. The van der Waals surface area contributed by atoms with Crippen LogP contribution in [0, 0.1) is 0 Å². The van der Waals surface area contributed by atoms with Crippen LogP contribution in [0.2, 0.25) is 0 Å². The second-order valence-corrected chi connectivity index (χ2v) is 5.56. The number of pyridine rings is 1. The Hall–Kier alpha value is -2.40. The molecule has 0 bridgehead atoms. The largest absolute Gasteiger partial charge is 0.508 e. The molecule has 1 aromatic heterocycles. The summed E-state index contributed by atoms with van der Waals surface area (Å²) < 4.78 is 0. The van der Waals surface area contributed by atoms with Crippen LogP contribution in [0.1, 0.15) is 19.5 Å². The van der Waals surface area contributed by atoms with Gasteiger partial charge in [0.1, 0.15) is 5.75 Å². The molecule has 4 N–H and O–H groups in total. The van der Waals surface area contributed by atoms with E-state index >= 15 is 0 Å². The summed E-state index contributed by atoms with van der Waals surface area (Å²) in [4.78, 5) is 16.1. The SMILES string of the molecule is CC(C)NC(=O)C(N)Cc1ccc(-c2cccc(O)c2)cn1. The summed E-state index contributed by atoms with van der Waals surface area (Å²) in [5, 5.41) is 12.3. The number of carbonyl (C=O) groups excluding carboxylic acids is 1. The molecule has 1 heterocycles. The van der Waals surface area contributed by atoms with E-state index in [0.29, 0.717) is 6.42 Å². The molecule has 0 saturated heterocycles. The lowest BCUT2D eigenvalue weighted by Gasteiger charge is -2.14. The average Bonchev–Trinajstić information content (AvgIpc) is 2.47. The number of phenols is 1. The Labute approximate surface area is 130 Å². The molecule has 5 heteroatoms. The Bertz CT molecular complexity index is 639. The predicted octanol–water partition coefficient (Wildman–Crippen LogP) is 1.85. The topological polar surface area (TPSA) is 88.2 Å². The highest BCUT2D eigenvalue weighted by molar-refractivity contribution is 5.82. The molecule has 0 aliphatic rings. The highest BCUT2D eigenvalue weighted by Crippen LogP contribution is 2.22. The van der Waals surface area contributed by atoms with Gasteiger partial charge in [-0.25, -0.2) is 0 Å². The smallest absolute Gasteiger partial charge is 0.237 e. The van der Waals surface area contributed by atoms with Crippen molar-refractivity contribution >= 4 is 5.91 Å². The fourth-order valence-electron chi connectivity index (χ4n) is 2.11. The zero-order chi connectivity index (χ0) is 16.1. The fraction of sp³-hybridized carbons (Fsp3) is 0.294. The third kappa shape index (κ3) is 4.30. The number of hydrogen-bond acceptors (Lipinski definition) is 4. The summed E-state index contributed by atoms with van der Waals surface area (Å²) in [6, 6.07) is 10.2. The van der Waals surface area contributed by atoms with Gasteiger partial charge in [-0.05, 0) is 37.6 Å². The van der Waals surface area contributed by atoms with E-state index in [2.05, 4.69) is 10.3 Å². The van der Waals surface area contributed by atoms with Gasteiger partial charge in [-0.2, -0.15) is 0 Å². The van der Waals surface area contributed by atoms with E-state index in [9.17, 15) is 9.90 Å². The van der Waals surface area contributed by atoms with Gasteiger partial charge in [0.2, 0.25) is 5.91 Å². The Morgan fingerprint density at radius 1 is 1.27 bits per heavy atom. The van der Waals surface area contributed by atoms with Crippen LogP contribution in [0.25, 0.3) is 11.1 Å². The average molecular weight is 299 g/mol. The maximum atomic E-state index is 11.8. The number of nitrogens with zero attached hydrogens (tertiary/aromatic N) is 1. The van der Waals surface area contributed by atoms with Crippen molar-refractivity contribution in [3.8, 4) is 16.9 Å². The zero-order valence-electron chi connectivity index (χ0n) is 12.8. The van der Waals surface area contributed by atoms with Crippen LogP contribution in [0.3, 0.4) is 0 Å². The summed E-state index contributed by atoms with van der Waals surface area (Å²) in [7, 11) is 0. The van der Waals surface area contributed by atoms with E-state index in [1.165, 1.54) is 0 Å². The quantitative estimate of drug-likeness (QED) is 0.786. The van der Waals surface area contributed by atoms with Crippen LogP contribution in [0.4, 0.5) is 0 Å². The molecule has 1 aromatic carbocycles. The molecule has 5 nitrogen and oxygen atoms in total. The van der Waals surface area contributed by atoms with Crippen molar-refractivity contribution in [3.63, 3.8) is 0 Å². The Balaban J connectivity index is 2.04. The third-order valence-corrected chi connectivity index (χ3v) is 3.20. The van der Waals surface area contributed by atoms with Crippen molar-refractivity contribution in [1.82, 2.24) is 10.3 Å². The number of rotatable bonds is 5. The highest BCUT2D eigenvalue weighted by atomic mass is 16.3. The molecule has 0 fully saturated rings. The first kappa shape index (κ1) is 16.0. The van der Waals surface area contributed by atoms with Gasteiger partial charge in [-0.15, -0.1) is 0 Å². The van der Waals surface area contributed by atoms with Crippen LogP contribution in [0.5, 0.6) is 5.75 Å². The lowest BCUT2D eigenvalue weighted by molar-refractivity contribution is -0.122. The van der Waals surface area contributed by atoms with Crippen molar-refractivity contribution in [2.75, 3.05) is 0 Å². The van der Waals surface area contributed by atoms with Crippen LogP contribution < -0.4 is 11.1 Å². The Morgan fingerprint density at radius 2 is 2.05 bits per heavy atom. The number of benzene rings is 1. The first-order chi connectivity index (χ1) is 10.5. The fourth-order valence-corrected chi connectivity index (χ4v) is 2.11. The van der Waals surface area contributed by atoms with Crippen LogP contribution in [-0.4, -0.2) is 28.1 Å². The number of aromatic hydroxyl groups is 1. The maximum Gasteiger partial charge on any atom is 0.237 e. The molecule has 0 aliphatic heterocycles. The molecule has 2 rings (SSSR count). The number of nitrogens with two attached hydrogens (primary N) is 1. The molecular weight excluding hydrogens is 278 g/mol. The second kappa shape index (κ2) is 7.04. The number of hydrogen-bond donors (Lipinski definition) is 3. The van der Waals surface area contributed by atoms with Crippen molar-refractivity contribution in [2.45, 2.75) is 32.4 Å². The Kier molecular flexibility index (Phi) is 5.12. The van der Waals surface area contributed by atoms with E-state index in [1.54, 1.807) is 24.4 Å². The standard InChI is InChI=1S/C17H21N3O2/c1-11(2)20-17(22)16(18)9-14-7-6-13(10-19-14)12-4-3-5-15(21)8-12/h3-8,10-11,16,21H,9,18H2,1-2H3,(H,20,22). The van der Waals surface area contributed by atoms with Crippen molar-refractivity contribution in [2.24, 2.45) is 5.73 Å². The minimum atomic E-state index is -0.610. The van der Waals surface area contributed by atoms with Gasteiger partial charge in [-0.3, -0.25) is 9.78 Å². The first-order valence-corrected chi connectivity index (χ1v) is 7.26. The molecule has 0 radical (unpaired) electrons. The second-order valence-electron chi connectivity index (χ2n) is 5.56. The van der Waals surface area contributed by atoms with E-state index in [0.717, 1.165) is 16.8 Å². The van der Waals surface area contributed by atoms with Gasteiger partial charge >= 0.3 is 0 Å². The Morgan fingerprint density at radius 3 is 2.64 bits per heavy atom. The number of nitrogens with one attached hydrogen (secondary N) is 1. The maximum absolute atomic E-state index is 11.8. The summed E-state index contributed by atoms with van der Waals surface area (Å²) in [5.74, 6) is 0.0443. The molecule has 22 heavy (non-hydrogen) atoms. The highest BCUT2D eigenvalue weighted by Gasteiger charge is 2.15. The van der Waals surface area contributed by atoms with Crippen LogP contribution >= 0.6 is 0 Å². The zero-order valence-corrected chi connectivity index (χ0v) is 12.8. The molecule has 1 amide bonds. The minimum Gasteiger partial charge on any atom is -0.508 e. The minimum absolute atomic E-state index is 0.0691. The monoisotopic (exact) mass is 299 g/mol. The van der Waals surface area contributed by atoms with Crippen molar-refractivity contribution < 1.29 is 9.90 Å². The molecule has 0 spiro atoms. The van der Waals surface area contributed by atoms with Gasteiger partial charge in [0, 0.05) is 29.9 Å². The lowest BCUT2D eigenvalue weighted by Crippen LogP contribution is -2.44. The van der Waals surface area contributed by atoms with Crippen LogP contribution in [0.15, 0.2) is 42.6 Å². The first-order valence-electron chi connectivity index (χ1n) is 7.26. The van der Waals surface area contributed by atoms with E-state index in [-0.39, 0.29) is 17.7 Å². The van der Waals surface area contributed by atoms with Gasteiger partial charge in [-0.1, -0.05) is 18.2 Å². The van der Waals surface area contributed by atoms with E-state index < -0.39 is 6.04 Å². The lowest BCUT2D eigenvalue weighted by atomic mass is 10.1. The molecule has 2 aromatic rings. The number of carbonyl (C=O) groups is 1. The molecular formula is C17H21N3O2. The molecule has 116 valence electrons. The third-order valence-electron chi connectivity index (χ3n) is 3.20. The molecule has 1 unspecified atom stereocenters. The van der Waals surface area contributed by atoms with E-state index in [1.807, 2.05) is 32.0 Å². The molecule has 0 saturated carbocycles. The van der Waals surface area contributed by atoms with Gasteiger partial charge in [0.25, 0.3) is 0 Å². The van der Waals surface area contributed by atoms with E-state index in [4.69, 9.17) is 5.73 Å². The van der Waals surface area contributed by atoms with Gasteiger partial charge < -0.3 is 16.2 Å².